The van der Waals surface area contributed by atoms with Gasteiger partial charge in [-0.3, -0.25) is 9.59 Å². The summed E-state index contributed by atoms with van der Waals surface area (Å²) in [6, 6.07) is 0. The van der Waals surface area contributed by atoms with Crippen LogP contribution >= 0.6 is 23.2 Å². The number of alkyl halides is 2. The molecule has 0 radical (unpaired) electrons. The summed E-state index contributed by atoms with van der Waals surface area (Å²) in [6.07, 6.45) is -1.60. The summed E-state index contributed by atoms with van der Waals surface area (Å²) in [7, 11) is -7.71. The van der Waals surface area contributed by atoms with Gasteiger partial charge in [0.25, 0.3) is 0 Å². The first kappa shape index (κ1) is 22.4. The van der Waals surface area contributed by atoms with Crippen molar-refractivity contribution in [1.82, 2.24) is 0 Å². The molecule has 0 saturated heterocycles. The summed E-state index contributed by atoms with van der Waals surface area (Å²) in [5.41, 5.74) is 10.1. The first-order valence-electron chi connectivity index (χ1n) is 6.58. The highest BCUT2D eigenvalue weighted by atomic mass is 35.5. The topological polar surface area (TPSA) is 154 Å². The average Bonchev–Trinajstić information content (AvgIpc) is 2.35. The summed E-state index contributed by atoms with van der Waals surface area (Å²) < 4.78 is 48.6. The molecule has 4 N–H and O–H groups in total. The Kier molecular flexibility index (Phi) is 9.41. The van der Waals surface area contributed by atoms with E-state index in [2.05, 4.69) is 0 Å². The molecule has 2 unspecified atom stereocenters. The van der Waals surface area contributed by atoms with E-state index in [1.54, 1.807) is 0 Å². The van der Waals surface area contributed by atoms with Crippen LogP contribution in [-0.4, -0.2) is 62.4 Å². The number of carbonyl (C=O) groups is 2. The molecule has 0 aliphatic carbocycles. The Morgan fingerprint density at radius 2 is 1.09 bits per heavy atom. The zero-order valence-electron chi connectivity index (χ0n) is 12.3. The molecular formula is C11H20Cl2N2O6S2. The Morgan fingerprint density at radius 3 is 1.30 bits per heavy atom. The summed E-state index contributed by atoms with van der Waals surface area (Å²) in [4.78, 5) is 22.2. The summed E-state index contributed by atoms with van der Waals surface area (Å²) in [6.45, 7) is 0. The van der Waals surface area contributed by atoms with Crippen molar-refractivity contribution in [1.29, 1.82) is 0 Å². The van der Waals surface area contributed by atoms with Crippen molar-refractivity contribution in [2.75, 3.05) is 23.3 Å². The van der Waals surface area contributed by atoms with Gasteiger partial charge in [-0.25, -0.2) is 16.8 Å². The average molecular weight is 411 g/mol. The molecular weight excluding hydrogens is 391 g/mol. The Hall–Kier alpha value is -0.580. The molecule has 0 aromatic carbocycles. The normalized spacial score (nSPS) is 15.0. The lowest BCUT2D eigenvalue weighted by molar-refractivity contribution is -0.118. The molecule has 0 saturated carbocycles. The van der Waals surface area contributed by atoms with Gasteiger partial charge in [-0.1, -0.05) is 0 Å². The molecule has 0 aliphatic rings. The van der Waals surface area contributed by atoms with Crippen LogP contribution in [0.4, 0.5) is 0 Å². The van der Waals surface area contributed by atoms with Gasteiger partial charge < -0.3 is 11.5 Å². The summed E-state index contributed by atoms with van der Waals surface area (Å²) in [5, 5.41) is -2.71. The van der Waals surface area contributed by atoms with E-state index < -0.39 is 72.8 Å². The zero-order valence-corrected chi connectivity index (χ0v) is 15.4. The quantitative estimate of drug-likeness (QED) is 0.400. The van der Waals surface area contributed by atoms with Crippen LogP contribution in [0.2, 0.25) is 0 Å². The number of nitrogens with two attached hydrogens (primary N) is 2. The van der Waals surface area contributed by atoms with E-state index >= 15 is 0 Å². The van der Waals surface area contributed by atoms with Crippen LogP contribution in [0.1, 0.15) is 19.3 Å². The SMILES string of the molecule is NC(=O)CC(CC(CC(N)=O)S(=O)(=O)CCCl)S(=O)(=O)CCCl. The second-order valence-electron chi connectivity index (χ2n) is 4.93. The highest BCUT2D eigenvalue weighted by Crippen LogP contribution is 2.21. The summed E-state index contributed by atoms with van der Waals surface area (Å²) in [5.74, 6) is -3.11. The molecule has 12 heteroatoms. The highest BCUT2D eigenvalue weighted by Gasteiger charge is 2.35. The fraction of sp³-hybridized carbons (Fsp3) is 0.818. The number of halogens is 2. The third kappa shape index (κ3) is 8.18. The molecule has 0 fully saturated rings. The lowest BCUT2D eigenvalue weighted by Crippen LogP contribution is -2.38. The van der Waals surface area contributed by atoms with Crippen molar-refractivity contribution >= 4 is 54.7 Å². The van der Waals surface area contributed by atoms with Gasteiger partial charge in [-0.15, -0.1) is 23.2 Å². The molecule has 0 heterocycles. The van der Waals surface area contributed by atoms with Crippen molar-refractivity contribution in [3.8, 4) is 0 Å². The number of carbonyl (C=O) groups excluding carboxylic acids is 2. The van der Waals surface area contributed by atoms with Gasteiger partial charge in [0.1, 0.15) is 0 Å². The molecule has 0 spiro atoms. The predicted molar refractivity (Wildman–Crippen MR) is 88.8 cm³/mol. The monoisotopic (exact) mass is 410 g/mol. The minimum atomic E-state index is -3.86. The van der Waals surface area contributed by atoms with Gasteiger partial charge in [0.2, 0.25) is 11.8 Å². The molecule has 0 aromatic rings. The van der Waals surface area contributed by atoms with Crippen LogP contribution in [0.25, 0.3) is 0 Å². The number of hydrogen-bond donors (Lipinski definition) is 2. The van der Waals surface area contributed by atoms with Crippen molar-refractivity contribution in [2.45, 2.75) is 29.8 Å². The Morgan fingerprint density at radius 1 is 0.783 bits per heavy atom. The Labute approximate surface area is 145 Å². The zero-order chi connectivity index (χ0) is 18.3. The van der Waals surface area contributed by atoms with Gasteiger partial charge in [0.15, 0.2) is 19.7 Å². The molecule has 0 rings (SSSR count). The number of hydrogen-bond acceptors (Lipinski definition) is 6. The molecule has 23 heavy (non-hydrogen) atoms. The second kappa shape index (κ2) is 9.65. The highest BCUT2D eigenvalue weighted by molar-refractivity contribution is 7.93. The van der Waals surface area contributed by atoms with Crippen molar-refractivity contribution in [3.63, 3.8) is 0 Å². The van der Waals surface area contributed by atoms with Gasteiger partial charge in [0.05, 0.1) is 22.0 Å². The smallest absolute Gasteiger partial charge is 0.218 e. The van der Waals surface area contributed by atoms with Crippen molar-refractivity contribution in [3.05, 3.63) is 0 Å². The van der Waals surface area contributed by atoms with E-state index in [1.165, 1.54) is 0 Å². The minimum Gasteiger partial charge on any atom is -0.370 e. The number of amides is 2. The van der Waals surface area contributed by atoms with Crippen LogP contribution in [0.15, 0.2) is 0 Å². The van der Waals surface area contributed by atoms with E-state index in [1.807, 2.05) is 0 Å². The number of sulfone groups is 2. The molecule has 0 aromatic heterocycles. The third-order valence-electron chi connectivity index (χ3n) is 3.12. The van der Waals surface area contributed by atoms with E-state index in [9.17, 15) is 26.4 Å². The number of rotatable bonds is 12. The van der Waals surface area contributed by atoms with Crippen LogP contribution in [0.3, 0.4) is 0 Å². The van der Waals surface area contributed by atoms with E-state index in [4.69, 9.17) is 34.7 Å². The first-order valence-corrected chi connectivity index (χ1v) is 11.1. The maximum Gasteiger partial charge on any atom is 0.218 e. The Bertz CT molecular complexity index is 566. The lowest BCUT2D eigenvalue weighted by atomic mass is 10.1. The first-order chi connectivity index (χ1) is 10.5. The molecule has 8 nitrogen and oxygen atoms in total. The largest absolute Gasteiger partial charge is 0.370 e. The fourth-order valence-corrected chi connectivity index (χ4v) is 6.40. The van der Waals surface area contributed by atoms with Crippen LogP contribution in [0, 0.1) is 0 Å². The summed E-state index contributed by atoms with van der Waals surface area (Å²) >= 11 is 10.8. The Balaban J connectivity index is 5.59. The second-order valence-corrected chi connectivity index (χ2v) is 10.5. The molecule has 2 atom stereocenters. The minimum absolute atomic E-state index is 0.216. The maximum absolute atomic E-state index is 12.1. The fourth-order valence-electron chi connectivity index (χ4n) is 2.00. The molecule has 0 bridgehead atoms. The third-order valence-corrected chi connectivity index (χ3v) is 8.24. The predicted octanol–water partition coefficient (Wildman–Crippen LogP) is -0.828. The van der Waals surface area contributed by atoms with Crippen molar-refractivity contribution in [2.24, 2.45) is 11.5 Å². The van der Waals surface area contributed by atoms with E-state index in [0.717, 1.165) is 0 Å². The van der Waals surface area contributed by atoms with Gasteiger partial charge in [-0.2, -0.15) is 0 Å². The van der Waals surface area contributed by atoms with E-state index in [0.29, 0.717) is 0 Å². The van der Waals surface area contributed by atoms with Crippen LogP contribution in [0.5, 0.6) is 0 Å². The molecule has 2 amide bonds. The number of primary amides is 2. The molecule has 136 valence electrons. The molecule has 0 aliphatic heterocycles. The lowest BCUT2D eigenvalue weighted by Gasteiger charge is -2.22. The van der Waals surface area contributed by atoms with Gasteiger partial charge >= 0.3 is 0 Å². The van der Waals surface area contributed by atoms with E-state index in [-0.39, 0.29) is 11.8 Å². The standard InChI is InChI=1S/C11H20Cl2N2O6S2/c12-1-3-22(18,19)8(6-10(14)16)5-9(7-11(15)17)23(20,21)4-2-13/h8-9H,1-7H2,(H2,14,16)(H2,15,17). The van der Waals surface area contributed by atoms with Crippen LogP contribution in [-0.2, 0) is 29.3 Å². The van der Waals surface area contributed by atoms with Crippen molar-refractivity contribution < 1.29 is 26.4 Å². The van der Waals surface area contributed by atoms with Crippen LogP contribution < -0.4 is 11.5 Å². The van der Waals surface area contributed by atoms with Gasteiger partial charge in [0, 0.05) is 24.6 Å². The van der Waals surface area contributed by atoms with Gasteiger partial charge in [-0.05, 0) is 6.42 Å². The maximum atomic E-state index is 12.1.